The molecule has 0 spiro atoms. The normalized spacial score (nSPS) is 11.4. The second-order valence-corrected chi connectivity index (χ2v) is 4.04. The molecular weight excluding hydrogens is 271 g/mol. The van der Waals surface area contributed by atoms with Crippen molar-refractivity contribution < 1.29 is 17.9 Å². The van der Waals surface area contributed by atoms with Gasteiger partial charge in [0.15, 0.2) is 5.69 Å². The molecule has 0 amide bonds. The predicted molar refractivity (Wildman–Crippen MR) is 66.3 cm³/mol. The predicted octanol–water partition coefficient (Wildman–Crippen LogP) is 2.79. The van der Waals surface area contributed by atoms with E-state index in [4.69, 9.17) is 10.5 Å². The minimum absolute atomic E-state index is 0.00424. The highest BCUT2D eigenvalue weighted by Gasteiger charge is 2.32. The van der Waals surface area contributed by atoms with Crippen LogP contribution in [0.15, 0.2) is 36.4 Å². The minimum atomic E-state index is -4.50. The molecule has 0 bridgehead atoms. The van der Waals surface area contributed by atoms with Crippen LogP contribution in [-0.2, 0) is 12.6 Å². The molecule has 20 heavy (non-hydrogen) atoms. The van der Waals surface area contributed by atoms with Crippen LogP contribution >= 0.6 is 0 Å². The van der Waals surface area contributed by atoms with Crippen molar-refractivity contribution in [3.63, 3.8) is 0 Å². The SMILES string of the molecule is NCCc1ccc(Oc2ccc(C(F)(F)F)nn2)cc1. The molecule has 4 nitrogen and oxygen atoms in total. The van der Waals surface area contributed by atoms with E-state index in [-0.39, 0.29) is 5.88 Å². The maximum Gasteiger partial charge on any atom is 0.435 e. The van der Waals surface area contributed by atoms with E-state index in [9.17, 15) is 13.2 Å². The molecule has 0 aliphatic heterocycles. The third-order valence-electron chi connectivity index (χ3n) is 2.51. The van der Waals surface area contributed by atoms with Crippen molar-refractivity contribution >= 4 is 0 Å². The quantitative estimate of drug-likeness (QED) is 0.937. The Bertz CT molecular complexity index is 553. The zero-order valence-electron chi connectivity index (χ0n) is 10.4. The van der Waals surface area contributed by atoms with Crippen molar-refractivity contribution in [1.82, 2.24) is 10.2 Å². The van der Waals surface area contributed by atoms with Gasteiger partial charge in [0.05, 0.1) is 0 Å². The second-order valence-electron chi connectivity index (χ2n) is 4.04. The highest BCUT2D eigenvalue weighted by Crippen LogP contribution is 2.28. The summed E-state index contributed by atoms with van der Waals surface area (Å²) in [6, 6.07) is 9.02. The van der Waals surface area contributed by atoms with Gasteiger partial charge in [-0.2, -0.15) is 13.2 Å². The minimum Gasteiger partial charge on any atom is -0.438 e. The van der Waals surface area contributed by atoms with Crippen molar-refractivity contribution in [2.24, 2.45) is 5.73 Å². The fraction of sp³-hybridized carbons (Fsp3) is 0.231. The van der Waals surface area contributed by atoms with E-state index in [0.717, 1.165) is 24.1 Å². The fourth-order valence-corrected chi connectivity index (χ4v) is 1.54. The molecule has 0 aliphatic carbocycles. The Labute approximate surface area is 113 Å². The Hall–Kier alpha value is -2.15. The third kappa shape index (κ3) is 3.67. The summed E-state index contributed by atoms with van der Waals surface area (Å²) in [7, 11) is 0. The van der Waals surface area contributed by atoms with E-state index in [2.05, 4.69) is 10.2 Å². The molecule has 1 aromatic heterocycles. The van der Waals surface area contributed by atoms with Crippen LogP contribution in [0.1, 0.15) is 11.3 Å². The van der Waals surface area contributed by atoms with E-state index in [0.29, 0.717) is 12.3 Å². The number of halogens is 3. The molecule has 2 aromatic rings. The van der Waals surface area contributed by atoms with Gasteiger partial charge in [-0.25, -0.2) is 0 Å². The fourth-order valence-electron chi connectivity index (χ4n) is 1.54. The standard InChI is InChI=1S/C13H12F3N3O/c14-13(15,16)11-5-6-12(19-18-11)20-10-3-1-9(2-4-10)7-8-17/h1-6H,7-8,17H2. The zero-order valence-corrected chi connectivity index (χ0v) is 10.4. The number of nitrogens with two attached hydrogens (primary N) is 1. The van der Waals surface area contributed by atoms with Crippen LogP contribution in [0.4, 0.5) is 13.2 Å². The molecule has 7 heteroatoms. The Morgan fingerprint density at radius 3 is 2.20 bits per heavy atom. The number of benzene rings is 1. The maximum atomic E-state index is 12.3. The van der Waals surface area contributed by atoms with Gasteiger partial charge >= 0.3 is 6.18 Å². The zero-order chi connectivity index (χ0) is 14.6. The lowest BCUT2D eigenvalue weighted by Crippen LogP contribution is -2.08. The number of rotatable bonds is 4. The number of hydrogen-bond acceptors (Lipinski definition) is 4. The van der Waals surface area contributed by atoms with E-state index in [1.807, 2.05) is 12.1 Å². The van der Waals surface area contributed by atoms with Crippen LogP contribution in [0.5, 0.6) is 11.6 Å². The summed E-state index contributed by atoms with van der Waals surface area (Å²) < 4.78 is 42.2. The van der Waals surface area contributed by atoms with Crippen molar-refractivity contribution in [2.45, 2.75) is 12.6 Å². The lowest BCUT2D eigenvalue weighted by Gasteiger charge is -2.07. The lowest BCUT2D eigenvalue weighted by atomic mass is 10.1. The Morgan fingerprint density at radius 1 is 1.00 bits per heavy atom. The van der Waals surface area contributed by atoms with Gasteiger partial charge in [-0.05, 0) is 36.7 Å². The van der Waals surface area contributed by atoms with Crippen LogP contribution in [0.2, 0.25) is 0 Å². The number of hydrogen-bond donors (Lipinski definition) is 1. The lowest BCUT2D eigenvalue weighted by molar-refractivity contribution is -0.141. The van der Waals surface area contributed by atoms with Crippen LogP contribution in [0.25, 0.3) is 0 Å². The molecule has 0 aliphatic rings. The van der Waals surface area contributed by atoms with Crippen molar-refractivity contribution in [2.75, 3.05) is 6.54 Å². The molecule has 1 heterocycles. The van der Waals surface area contributed by atoms with Gasteiger partial charge in [0.25, 0.3) is 0 Å². The van der Waals surface area contributed by atoms with Gasteiger partial charge in [-0.1, -0.05) is 12.1 Å². The topological polar surface area (TPSA) is 61.0 Å². The first-order chi connectivity index (χ1) is 9.49. The van der Waals surface area contributed by atoms with Gasteiger partial charge in [-0.3, -0.25) is 0 Å². The van der Waals surface area contributed by atoms with E-state index >= 15 is 0 Å². The summed E-state index contributed by atoms with van der Waals surface area (Å²) in [4.78, 5) is 0. The Kier molecular flexibility index (Phi) is 4.19. The van der Waals surface area contributed by atoms with Gasteiger partial charge in [0.2, 0.25) is 5.88 Å². The summed E-state index contributed by atoms with van der Waals surface area (Å²) in [6.07, 6.45) is -3.75. The first-order valence-corrected chi connectivity index (χ1v) is 5.87. The first kappa shape index (κ1) is 14.3. The molecular formula is C13H12F3N3O. The van der Waals surface area contributed by atoms with Crippen LogP contribution < -0.4 is 10.5 Å². The molecule has 1 aromatic carbocycles. The summed E-state index contributed by atoms with van der Waals surface area (Å²) in [5.74, 6) is 0.476. The largest absolute Gasteiger partial charge is 0.438 e. The highest BCUT2D eigenvalue weighted by atomic mass is 19.4. The number of aromatic nitrogens is 2. The number of nitrogens with zero attached hydrogens (tertiary/aromatic N) is 2. The maximum absolute atomic E-state index is 12.3. The Balaban J connectivity index is 2.06. The summed E-state index contributed by atoms with van der Waals surface area (Å²) in [5.41, 5.74) is 5.43. The molecule has 106 valence electrons. The van der Waals surface area contributed by atoms with Crippen LogP contribution in [-0.4, -0.2) is 16.7 Å². The number of ether oxygens (including phenoxy) is 1. The van der Waals surface area contributed by atoms with E-state index < -0.39 is 11.9 Å². The molecule has 0 saturated heterocycles. The second kappa shape index (κ2) is 5.87. The molecule has 2 rings (SSSR count). The van der Waals surface area contributed by atoms with Crippen molar-refractivity contribution in [3.8, 4) is 11.6 Å². The molecule has 2 N–H and O–H groups in total. The molecule has 0 atom stereocenters. The van der Waals surface area contributed by atoms with Crippen LogP contribution in [0.3, 0.4) is 0 Å². The molecule has 0 radical (unpaired) electrons. The van der Waals surface area contributed by atoms with E-state index in [1.54, 1.807) is 12.1 Å². The summed E-state index contributed by atoms with van der Waals surface area (Å²) in [5, 5.41) is 6.46. The average molecular weight is 283 g/mol. The monoisotopic (exact) mass is 283 g/mol. The smallest absolute Gasteiger partial charge is 0.435 e. The summed E-state index contributed by atoms with van der Waals surface area (Å²) in [6.45, 7) is 0.546. The molecule has 0 unspecified atom stereocenters. The Morgan fingerprint density at radius 2 is 1.70 bits per heavy atom. The third-order valence-corrected chi connectivity index (χ3v) is 2.51. The molecule has 0 saturated carbocycles. The number of alkyl halides is 3. The van der Waals surface area contributed by atoms with Gasteiger partial charge in [0, 0.05) is 6.07 Å². The summed E-state index contributed by atoms with van der Waals surface area (Å²) >= 11 is 0. The van der Waals surface area contributed by atoms with Crippen molar-refractivity contribution in [3.05, 3.63) is 47.7 Å². The van der Waals surface area contributed by atoms with Gasteiger partial charge in [-0.15, -0.1) is 10.2 Å². The van der Waals surface area contributed by atoms with Crippen molar-refractivity contribution in [1.29, 1.82) is 0 Å². The van der Waals surface area contributed by atoms with Crippen LogP contribution in [0, 0.1) is 0 Å². The average Bonchev–Trinajstić information content (AvgIpc) is 2.41. The van der Waals surface area contributed by atoms with Gasteiger partial charge < -0.3 is 10.5 Å². The highest BCUT2D eigenvalue weighted by molar-refractivity contribution is 5.30. The van der Waals surface area contributed by atoms with Gasteiger partial charge in [0.1, 0.15) is 5.75 Å². The molecule has 0 fully saturated rings. The van der Waals surface area contributed by atoms with E-state index in [1.165, 1.54) is 0 Å². The first-order valence-electron chi connectivity index (χ1n) is 5.87.